The molecule has 104 valence electrons. The first kappa shape index (κ1) is 16.3. The first-order valence-corrected chi connectivity index (χ1v) is 7.08. The van der Waals surface area contributed by atoms with E-state index in [0.29, 0.717) is 11.3 Å². The number of β-lactam (4-membered cyclic amide) rings is 1. The van der Waals surface area contributed by atoms with Crippen molar-refractivity contribution in [2.24, 2.45) is 0 Å². The number of nitrogens with zero attached hydrogens (tertiary/aromatic N) is 4. The maximum absolute atomic E-state index is 12.0. The van der Waals surface area contributed by atoms with E-state index in [1.54, 1.807) is 17.0 Å². The number of carbonyl (C=O) groups excluding carboxylic acids is 2. The van der Waals surface area contributed by atoms with Gasteiger partial charge in [-0.25, -0.2) is 0 Å². The molecular formula is C12H11N4NaO3S. The van der Waals surface area contributed by atoms with Crippen LogP contribution in [0.1, 0.15) is 19.0 Å². The molecule has 3 rings (SSSR count). The summed E-state index contributed by atoms with van der Waals surface area (Å²) in [5.74, 6) is -1.65. The van der Waals surface area contributed by atoms with E-state index in [2.05, 4.69) is 10.3 Å². The second kappa shape index (κ2) is 6.35. The average molecular weight is 314 g/mol. The Kier molecular flexibility index (Phi) is 4.92. The Balaban J connectivity index is 0.00000161. The number of aliphatic carboxylic acids is 1. The minimum atomic E-state index is -1.33. The third-order valence-corrected chi connectivity index (χ3v) is 4.14. The number of hydrogen-bond acceptors (Lipinski definition) is 6. The number of fused-ring (bicyclic) bond motifs is 1. The van der Waals surface area contributed by atoms with Gasteiger partial charge in [-0.3, -0.25) is 14.4 Å². The summed E-state index contributed by atoms with van der Waals surface area (Å²) < 4.78 is 1.71. The SMILES string of the molecule is CCCn1cc(/C=C2\C(=O)N3C(C(=O)[O-])=CS[C@H]23)nn1.[Na+]. The third-order valence-electron chi connectivity index (χ3n) is 3.06. The van der Waals surface area contributed by atoms with Crippen LogP contribution in [0.5, 0.6) is 0 Å². The molecule has 1 aromatic rings. The van der Waals surface area contributed by atoms with Crippen LogP contribution < -0.4 is 34.7 Å². The second-order valence-electron chi connectivity index (χ2n) is 4.46. The van der Waals surface area contributed by atoms with Crippen LogP contribution >= 0.6 is 11.8 Å². The summed E-state index contributed by atoms with van der Waals surface area (Å²) in [6.07, 6.45) is 4.37. The van der Waals surface area contributed by atoms with Crippen LogP contribution in [-0.2, 0) is 16.1 Å². The number of carboxylic acid groups (broad SMARTS) is 1. The molecule has 1 atom stereocenters. The molecule has 21 heavy (non-hydrogen) atoms. The number of aryl methyl sites for hydroxylation is 1. The molecule has 1 saturated heterocycles. The number of hydrogen-bond donors (Lipinski definition) is 0. The molecule has 0 radical (unpaired) electrons. The van der Waals surface area contributed by atoms with E-state index in [0.717, 1.165) is 13.0 Å². The monoisotopic (exact) mass is 314 g/mol. The summed E-state index contributed by atoms with van der Waals surface area (Å²) in [5.41, 5.74) is 1.06. The van der Waals surface area contributed by atoms with Gasteiger partial charge in [0.25, 0.3) is 5.91 Å². The number of amides is 1. The molecule has 2 aliphatic rings. The molecule has 0 spiro atoms. The predicted molar refractivity (Wildman–Crippen MR) is 69.6 cm³/mol. The summed E-state index contributed by atoms with van der Waals surface area (Å²) in [5, 5.41) is 19.9. The van der Waals surface area contributed by atoms with E-state index in [-0.39, 0.29) is 46.5 Å². The average Bonchev–Trinajstić information content (AvgIpc) is 3.00. The number of thioether (sulfide) groups is 1. The molecule has 1 amide bonds. The van der Waals surface area contributed by atoms with Gasteiger partial charge in [0.15, 0.2) is 0 Å². The van der Waals surface area contributed by atoms with Crippen LogP contribution in [0.2, 0.25) is 0 Å². The minimum Gasteiger partial charge on any atom is -0.543 e. The fraction of sp³-hybridized carbons (Fsp3) is 0.333. The van der Waals surface area contributed by atoms with Crippen molar-refractivity contribution in [1.82, 2.24) is 19.9 Å². The zero-order valence-corrected chi connectivity index (χ0v) is 14.5. The quantitative estimate of drug-likeness (QED) is 0.327. The first-order chi connectivity index (χ1) is 9.61. The number of rotatable bonds is 4. The van der Waals surface area contributed by atoms with Crippen LogP contribution in [-0.4, -0.2) is 37.1 Å². The molecule has 7 nitrogen and oxygen atoms in total. The van der Waals surface area contributed by atoms with Crippen LogP contribution in [0.25, 0.3) is 6.08 Å². The molecular weight excluding hydrogens is 303 g/mol. The smallest absolute Gasteiger partial charge is 0.543 e. The van der Waals surface area contributed by atoms with Crippen molar-refractivity contribution in [2.75, 3.05) is 0 Å². The van der Waals surface area contributed by atoms with Gasteiger partial charge < -0.3 is 9.90 Å². The van der Waals surface area contributed by atoms with Crippen LogP contribution in [0.15, 0.2) is 22.9 Å². The molecule has 0 aliphatic carbocycles. The molecule has 0 saturated carbocycles. The number of carboxylic acids is 1. The largest absolute Gasteiger partial charge is 1.00 e. The predicted octanol–water partition coefficient (Wildman–Crippen LogP) is -3.42. The molecule has 0 N–H and O–H groups in total. The maximum atomic E-state index is 12.0. The molecule has 3 heterocycles. The van der Waals surface area contributed by atoms with E-state index in [9.17, 15) is 14.7 Å². The molecule has 2 aliphatic heterocycles. The van der Waals surface area contributed by atoms with Gasteiger partial charge in [0.05, 0.1) is 23.4 Å². The Labute approximate surface area is 147 Å². The Morgan fingerprint density at radius 2 is 2.33 bits per heavy atom. The van der Waals surface area contributed by atoms with E-state index in [1.807, 2.05) is 6.92 Å². The fourth-order valence-electron chi connectivity index (χ4n) is 2.14. The molecule has 9 heteroatoms. The van der Waals surface area contributed by atoms with Gasteiger partial charge in [-0.2, -0.15) is 0 Å². The second-order valence-corrected chi connectivity index (χ2v) is 5.41. The molecule has 0 unspecified atom stereocenters. The van der Waals surface area contributed by atoms with Gasteiger partial charge in [0.2, 0.25) is 0 Å². The van der Waals surface area contributed by atoms with Crippen LogP contribution in [0.4, 0.5) is 0 Å². The summed E-state index contributed by atoms with van der Waals surface area (Å²) >= 11 is 1.28. The van der Waals surface area contributed by atoms with E-state index >= 15 is 0 Å². The zero-order valence-electron chi connectivity index (χ0n) is 11.6. The van der Waals surface area contributed by atoms with Crippen molar-refractivity contribution >= 4 is 29.7 Å². The Bertz CT molecular complexity index is 655. The van der Waals surface area contributed by atoms with Gasteiger partial charge in [-0.1, -0.05) is 12.1 Å². The van der Waals surface area contributed by atoms with Crippen molar-refractivity contribution in [3.05, 3.63) is 28.6 Å². The van der Waals surface area contributed by atoms with Crippen molar-refractivity contribution < 1.29 is 44.3 Å². The normalized spacial score (nSPS) is 21.7. The van der Waals surface area contributed by atoms with Gasteiger partial charge >= 0.3 is 29.6 Å². The van der Waals surface area contributed by atoms with Crippen molar-refractivity contribution in [3.8, 4) is 0 Å². The fourth-order valence-corrected chi connectivity index (χ4v) is 3.25. The third kappa shape index (κ3) is 2.80. The Morgan fingerprint density at radius 1 is 1.57 bits per heavy atom. The minimum absolute atomic E-state index is 0. The molecule has 1 fully saturated rings. The van der Waals surface area contributed by atoms with E-state index in [1.165, 1.54) is 22.1 Å². The standard InChI is InChI=1S/C12H12N4O3S.Na/c1-2-3-15-5-7(13-14-15)4-8-10(17)16-9(12(18)19)6-20-11(8)16;/h4-6,11H,2-3H2,1H3,(H,18,19);/q;+1/p-1/b8-4+;/t11-;/m1./s1. The van der Waals surface area contributed by atoms with Gasteiger partial charge in [-0.05, 0) is 17.9 Å². The molecule has 0 aromatic carbocycles. The zero-order chi connectivity index (χ0) is 14.3. The summed E-state index contributed by atoms with van der Waals surface area (Å²) in [7, 11) is 0. The van der Waals surface area contributed by atoms with Gasteiger partial charge in [0, 0.05) is 6.54 Å². The van der Waals surface area contributed by atoms with E-state index in [4.69, 9.17) is 0 Å². The van der Waals surface area contributed by atoms with Crippen molar-refractivity contribution in [2.45, 2.75) is 25.3 Å². The Hall–Kier alpha value is -1.09. The summed E-state index contributed by atoms with van der Waals surface area (Å²) in [6, 6.07) is 0. The topological polar surface area (TPSA) is 91.2 Å². The van der Waals surface area contributed by atoms with Gasteiger partial charge in [0.1, 0.15) is 11.1 Å². The Morgan fingerprint density at radius 3 is 3.00 bits per heavy atom. The summed E-state index contributed by atoms with van der Waals surface area (Å²) in [4.78, 5) is 24.0. The number of carbonyl (C=O) groups is 2. The van der Waals surface area contributed by atoms with E-state index < -0.39 is 5.97 Å². The molecule has 1 aromatic heterocycles. The summed E-state index contributed by atoms with van der Waals surface area (Å²) in [6.45, 7) is 2.81. The maximum Gasteiger partial charge on any atom is 1.00 e. The molecule has 0 bridgehead atoms. The van der Waals surface area contributed by atoms with Crippen molar-refractivity contribution in [3.63, 3.8) is 0 Å². The van der Waals surface area contributed by atoms with Crippen molar-refractivity contribution in [1.29, 1.82) is 0 Å². The van der Waals surface area contributed by atoms with Crippen LogP contribution in [0.3, 0.4) is 0 Å². The van der Waals surface area contributed by atoms with Gasteiger partial charge in [-0.15, -0.1) is 16.9 Å². The first-order valence-electron chi connectivity index (χ1n) is 6.14. The number of aromatic nitrogens is 3. The van der Waals surface area contributed by atoms with Crippen LogP contribution in [0, 0.1) is 0 Å².